The van der Waals surface area contributed by atoms with Gasteiger partial charge >= 0.3 is 0 Å². The Morgan fingerprint density at radius 1 is 1.27 bits per heavy atom. The van der Waals surface area contributed by atoms with Gasteiger partial charge in [-0.1, -0.05) is 6.07 Å². The van der Waals surface area contributed by atoms with Crippen LogP contribution in [0, 0.1) is 6.92 Å². The van der Waals surface area contributed by atoms with Gasteiger partial charge in [0.1, 0.15) is 0 Å². The number of ether oxygens (including phenoxy) is 1. The minimum Gasteiger partial charge on any atom is -0.379 e. The molecule has 2 saturated heterocycles. The first-order chi connectivity index (χ1) is 12.4. The molecule has 1 N–H and O–H groups in total. The normalized spacial score (nSPS) is 21.9. The molecule has 7 nitrogen and oxygen atoms in total. The Kier molecular flexibility index (Phi) is 5.96. The van der Waals surface area contributed by atoms with Crippen molar-refractivity contribution in [3.05, 3.63) is 29.3 Å². The molecule has 8 heteroatoms. The number of likely N-dealkylation sites (tertiary alicyclic amines) is 1. The number of aryl methyl sites for hydroxylation is 1. The number of benzene rings is 1. The maximum Gasteiger partial charge on any atom is 0.254 e. The van der Waals surface area contributed by atoms with E-state index in [-0.39, 0.29) is 16.8 Å². The fraction of sp³-hybridized carbons (Fsp3) is 0.611. The summed E-state index contributed by atoms with van der Waals surface area (Å²) in [4.78, 5) is 15.0. The summed E-state index contributed by atoms with van der Waals surface area (Å²) >= 11 is 0. The van der Waals surface area contributed by atoms with Crippen molar-refractivity contribution in [2.45, 2.75) is 30.7 Å². The van der Waals surface area contributed by atoms with E-state index in [1.54, 1.807) is 19.1 Å². The molecule has 1 atom stereocenters. The molecule has 1 aromatic rings. The third-order valence-corrected chi connectivity index (χ3v) is 7.14. The molecule has 2 heterocycles. The summed E-state index contributed by atoms with van der Waals surface area (Å²) in [6, 6.07) is 5.15. The van der Waals surface area contributed by atoms with E-state index < -0.39 is 10.0 Å². The van der Waals surface area contributed by atoms with Gasteiger partial charge in [-0.2, -0.15) is 4.31 Å². The fourth-order valence-corrected chi connectivity index (χ4v) is 5.31. The fourth-order valence-electron chi connectivity index (χ4n) is 3.65. The lowest BCUT2D eigenvalue weighted by Gasteiger charge is -2.27. The summed E-state index contributed by atoms with van der Waals surface area (Å²) in [5.41, 5.74) is 1.09. The van der Waals surface area contributed by atoms with E-state index in [1.165, 1.54) is 10.4 Å². The predicted octanol–water partition coefficient (Wildman–Crippen LogP) is 0.840. The maximum atomic E-state index is 13.0. The molecular formula is C18H27N3O4S. The number of sulfonamides is 1. The second-order valence-electron chi connectivity index (χ2n) is 6.85. The largest absolute Gasteiger partial charge is 0.379 e. The van der Waals surface area contributed by atoms with Crippen molar-refractivity contribution >= 4 is 15.9 Å². The molecule has 0 bridgehead atoms. The standard InChI is InChI=1S/C18H27N3O4S/c1-14-5-6-15(18(22)21-7-3-4-16(21)13-19-2)12-17(14)26(23,24)20-8-10-25-11-9-20/h5-6,12,16,19H,3-4,7-11,13H2,1-2H3. The molecule has 0 spiro atoms. The zero-order valence-electron chi connectivity index (χ0n) is 15.4. The highest BCUT2D eigenvalue weighted by atomic mass is 32.2. The molecule has 0 aliphatic carbocycles. The van der Waals surface area contributed by atoms with Crippen LogP contribution in [0.2, 0.25) is 0 Å². The lowest BCUT2D eigenvalue weighted by molar-refractivity contribution is 0.0727. The Hall–Kier alpha value is -1.48. The van der Waals surface area contributed by atoms with E-state index in [4.69, 9.17) is 4.74 Å². The highest BCUT2D eigenvalue weighted by Crippen LogP contribution is 2.25. The second-order valence-corrected chi connectivity index (χ2v) is 8.76. The van der Waals surface area contributed by atoms with Crippen molar-refractivity contribution in [1.29, 1.82) is 0 Å². The average Bonchev–Trinajstić information content (AvgIpc) is 3.11. The van der Waals surface area contributed by atoms with Crippen molar-refractivity contribution in [1.82, 2.24) is 14.5 Å². The molecule has 0 aromatic heterocycles. The number of amides is 1. The first-order valence-electron chi connectivity index (χ1n) is 9.09. The molecule has 2 aliphatic heterocycles. The van der Waals surface area contributed by atoms with Gasteiger partial charge in [0.05, 0.1) is 18.1 Å². The molecule has 1 aromatic carbocycles. The number of nitrogens with one attached hydrogen (secondary N) is 1. The van der Waals surface area contributed by atoms with Gasteiger partial charge in [0.25, 0.3) is 5.91 Å². The Bertz CT molecular complexity index is 760. The molecular weight excluding hydrogens is 354 g/mol. The Labute approximate surface area is 155 Å². The number of hydrogen-bond donors (Lipinski definition) is 1. The highest BCUT2D eigenvalue weighted by molar-refractivity contribution is 7.89. The monoisotopic (exact) mass is 381 g/mol. The van der Waals surface area contributed by atoms with E-state index in [2.05, 4.69) is 5.32 Å². The lowest BCUT2D eigenvalue weighted by Crippen LogP contribution is -2.41. The average molecular weight is 381 g/mol. The number of rotatable bonds is 5. The van der Waals surface area contributed by atoms with Gasteiger partial charge in [0.15, 0.2) is 0 Å². The van der Waals surface area contributed by atoms with Crippen LogP contribution in [0.25, 0.3) is 0 Å². The number of likely N-dealkylation sites (N-methyl/N-ethyl adjacent to an activating group) is 1. The lowest BCUT2D eigenvalue weighted by atomic mass is 10.1. The predicted molar refractivity (Wildman–Crippen MR) is 98.7 cm³/mol. The summed E-state index contributed by atoms with van der Waals surface area (Å²) in [6.45, 7) is 4.71. The molecule has 0 saturated carbocycles. The third-order valence-electron chi connectivity index (χ3n) is 5.10. The van der Waals surface area contributed by atoms with Crippen LogP contribution in [0.3, 0.4) is 0 Å². The number of carbonyl (C=O) groups is 1. The number of nitrogens with zero attached hydrogens (tertiary/aromatic N) is 2. The molecule has 2 aliphatic rings. The van der Waals surface area contributed by atoms with Crippen LogP contribution < -0.4 is 5.32 Å². The Balaban J connectivity index is 1.89. The second kappa shape index (κ2) is 8.04. The SMILES string of the molecule is CNCC1CCCN1C(=O)c1ccc(C)c(S(=O)(=O)N2CCOCC2)c1. The number of carbonyl (C=O) groups excluding carboxylic acids is 1. The highest BCUT2D eigenvalue weighted by Gasteiger charge is 2.31. The van der Waals surface area contributed by atoms with Crippen molar-refractivity contribution in [2.24, 2.45) is 0 Å². The van der Waals surface area contributed by atoms with Gasteiger partial charge in [-0.3, -0.25) is 4.79 Å². The molecule has 26 heavy (non-hydrogen) atoms. The topological polar surface area (TPSA) is 79.0 Å². The third kappa shape index (κ3) is 3.78. The minimum atomic E-state index is -3.63. The first kappa shape index (κ1) is 19.3. The summed E-state index contributed by atoms with van der Waals surface area (Å²) in [7, 11) is -1.75. The van der Waals surface area contributed by atoms with Gasteiger partial charge in [-0.25, -0.2) is 8.42 Å². The zero-order chi connectivity index (χ0) is 18.7. The Morgan fingerprint density at radius 2 is 2.00 bits per heavy atom. The Morgan fingerprint density at radius 3 is 2.69 bits per heavy atom. The van der Waals surface area contributed by atoms with Gasteiger partial charge in [0.2, 0.25) is 10.0 Å². The van der Waals surface area contributed by atoms with Crippen LogP contribution in [-0.4, -0.2) is 76.0 Å². The van der Waals surface area contributed by atoms with Crippen molar-refractivity contribution in [2.75, 3.05) is 46.4 Å². The van der Waals surface area contributed by atoms with E-state index in [0.717, 1.165) is 19.4 Å². The molecule has 1 amide bonds. The van der Waals surface area contributed by atoms with Gasteiger partial charge in [-0.15, -0.1) is 0 Å². The minimum absolute atomic E-state index is 0.0961. The van der Waals surface area contributed by atoms with Crippen molar-refractivity contribution < 1.29 is 17.9 Å². The van der Waals surface area contributed by atoms with Gasteiger partial charge in [-0.05, 0) is 44.5 Å². The summed E-state index contributed by atoms with van der Waals surface area (Å²) in [5, 5.41) is 3.13. The van der Waals surface area contributed by atoms with Crippen LogP contribution in [-0.2, 0) is 14.8 Å². The van der Waals surface area contributed by atoms with Crippen LogP contribution in [0.15, 0.2) is 23.1 Å². The van der Waals surface area contributed by atoms with Crippen molar-refractivity contribution in [3.63, 3.8) is 0 Å². The smallest absolute Gasteiger partial charge is 0.254 e. The molecule has 144 valence electrons. The van der Waals surface area contributed by atoms with Crippen LogP contribution >= 0.6 is 0 Å². The number of hydrogen-bond acceptors (Lipinski definition) is 5. The zero-order valence-corrected chi connectivity index (χ0v) is 16.2. The first-order valence-corrected chi connectivity index (χ1v) is 10.5. The van der Waals surface area contributed by atoms with E-state index in [0.29, 0.717) is 44.0 Å². The van der Waals surface area contributed by atoms with Crippen molar-refractivity contribution in [3.8, 4) is 0 Å². The molecule has 0 radical (unpaired) electrons. The maximum absolute atomic E-state index is 13.0. The van der Waals surface area contributed by atoms with Gasteiger partial charge in [0, 0.05) is 37.8 Å². The number of morpholine rings is 1. The van der Waals surface area contributed by atoms with E-state index in [1.807, 2.05) is 11.9 Å². The van der Waals surface area contributed by atoms with Crippen LogP contribution in [0.5, 0.6) is 0 Å². The quantitative estimate of drug-likeness (QED) is 0.818. The van der Waals surface area contributed by atoms with E-state index >= 15 is 0 Å². The van der Waals surface area contributed by atoms with Crippen LogP contribution in [0.1, 0.15) is 28.8 Å². The molecule has 1 unspecified atom stereocenters. The van der Waals surface area contributed by atoms with Crippen LogP contribution in [0.4, 0.5) is 0 Å². The van der Waals surface area contributed by atoms with E-state index in [9.17, 15) is 13.2 Å². The summed E-state index contributed by atoms with van der Waals surface area (Å²) < 4.78 is 32.7. The molecule has 2 fully saturated rings. The summed E-state index contributed by atoms with van der Waals surface area (Å²) in [5.74, 6) is -0.0961. The summed E-state index contributed by atoms with van der Waals surface area (Å²) in [6.07, 6.45) is 1.94. The van der Waals surface area contributed by atoms with Gasteiger partial charge < -0.3 is 15.0 Å². The molecule has 3 rings (SSSR count).